The lowest BCUT2D eigenvalue weighted by Gasteiger charge is -2.24. The third-order valence-corrected chi connectivity index (χ3v) is 3.22. The Hall–Kier alpha value is -1.13. The lowest BCUT2D eigenvalue weighted by Crippen LogP contribution is -3.00. The highest BCUT2D eigenvalue weighted by Crippen LogP contribution is 2.32. The van der Waals surface area contributed by atoms with Gasteiger partial charge in [0.15, 0.2) is 0 Å². The Morgan fingerprint density at radius 3 is 3.11 bits per heavy atom. The highest BCUT2D eigenvalue weighted by Gasteiger charge is 2.24. The molecule has 5 heteroatoms. The van der Waals surface area contributed by atoms with Gasteiger partial charge in [-0.1, -0.05) is 13.3 Å². The van der Waals surface area contributed by atoms with Crippen molar-refractivity contribution in [2.45, 2.75) is 32.4 Å². The first-order chi connectivity index (χ1) is 8.29. The molecule has 18 heavy (non-hydrogen) atoms. The van der Waals surface area contributed by atoms with Crippen LogP contribution in [0.4, 0.5) is 4.39 Å². The number of fused-ring (bicyclic) bond motifs is 3. The summed E-state index contributed by atoms with van der Waals surface area (Å²) in [5.41, 5.74) is 1.89. The number of hydrogen-bond acceptors (Lipinski definition) is 2. The Balaban J connectivity index is 0.00000120. The molecule has 1 aliphatic rings. The van der Waals surface area contributed by atoms with E-state index in [1.807, 2.05) is 4.68 Å². The summed E-state index contributed by atoms with van der Waals surface area (Å²) >= 11 is 0. The zero-order chi connectivity index (χ0) is 11.8. The highest BCUT2D eigenvalue weighted by molar-refractivity contribution is 5.82. The molecular weight excluding hydrogens is 255 g/mol. The third-order valence-electron chi connectivity index (χ3n) is 3.22. The van der Waals surface area contributed by atoms with Crippen molar-refractivity contribution in [3.63, 3.8) is 0 Å². The summed E-state index contributed by atoms with van der Waals surface area (Å²) in [6, 6.07) is 4.75. The van der Waals surface area contributed by atoms with E-state index >= 15 is 0 Å². The van der Waals surface area contributed by atoms with Gasteiger partial charge in [-0.2, -0.15) is 5.10 Å². The van der Waals surface area contributed by atoms with Gasteiger partial charge in [-0.15, -0.1) is 0 Å². The van der Waals surface area contributed by atoms with E-state index in [9.17, 15) is 4.39 Å². The van der Waals surface area contributed by atoms with E-state index in [1.165, 1.54) is 6.07 Å². The van der Waals surface area contributed by atoms with E-state index in [-0.39, 0.29) is 24.3 Å². The predicted molar refractivity (Wildman–Crippen MR) is 63.3 cm³/mol. The molecule has 1 aromatic heterocycles. The highest BCUT2D eigenvalue weighted by atomic mass is 35.5. The molecule has 1 aliphatic heterocycles. The van der Waals surface area contributed by atoms with Crippen molar-refractivity contribution in [2.24, 2.45) is 0 Å². The van der Waals surface area contributed by atoms with E-state index in [1.54, 1.807) is 12.1 Å². The molecule has 0 saturated carbocycles. The molecule has 1 atom stereocenters. The van der Waals surface area contributed by atoms with Crippen molar-refractivity contribution in [3.05, 3.63) is 29.7 Å². The van der Waals surface area contributed by atoms with Gasteiger partial charge in [-0.25, -0.2) is 4.39 Å². The topological polar surface area (TPSA) is 27.1 Å². The molecule has 0 bridgehead atoms. The van der Waals surface area contributed by atoms with Gasteiger partial charge >= 0.3 is 0 Å². The summed E-state index contributed by atoms with van der Waals surface area (Å²) in [6.45, 7) is 3.57. The Morgan fingerprint density at radius 1 is 1.50 bits per heavy atom. The van der Waals surface area contributed by atoms with Crippen LogP contribution in [-0.2, 0) is 11.3 Å². The quantitative estimate of drug-likeness (QED) is 0.771. The van der Waals surface area contributed by atoms with Gasteiger partial charge in [0.05, 0.1) is 30.5 Å². The van der Waals surface area contributed by atoms with Crippen LogP contribution >= 0.6 is 0 Å². The molecule has 2 heterocycles. The van der Waals surface area contributed by atoms with Gasteiger partial charge in [0, 0.05) is 5.39 Å². The Kier molecular flexibility index (Phi) is 3.88. The second-order valence-electron chi connectivity index (χ2n) is 4.42. The van der Waals surface area contributed by atoms with Crippen molar-refractivity contribution in [1.82, 2.24) is 9.78 Å². The summed E-state index contributed by atoms with van der Waals surface area (Å²) in [5, 5.41) is 5.39. The van der Waals surface area contributed by atoms with Crippen LogP contribution in [0.15, 0.2) is 18.2 Å². The average Bonchev–Trinajstić information content (AvgIpc) is 2.68. The van der Waals surface area contributed by atoms with E-state index in [0.29, 0.717) is 6.61 Å². The first kappa shape index (κ1) is 13.3. The molecule has 0 fully saturated rings. The third kappa shape index (κ3) is 2.10. The summed E-state index contributed by atoms with van der Waals surface area (Å²) in [4.78, 5) is 0. The van der Waals surface area contributed by atoms with Crippen LogP contribution in [-0.4, -0.2) is 16.4 Å². The van der Waals surface area contributed by atoms with Gasteiger partial charge in [0.1, 0.15) is 5.82 Å². The van der Waals surface area contributed by atoms with Crippen LogP contribution in [0.25, 0.3) is 10.9 Å². The first-order valence-electron chi connectivity index (χ1n) is 6.07. The number of hydrogen-bond donors (Lipinski definition) is 0. The fourth-order valence-corrected chi connectivity index (χ4v) is 2.48. The summed E-state index contributed by atoms with van der Waals surface area (Å²) in [6.07, 6.45) is 2.06. The van der Waals surface area contributed by atoms with Crippen LogP contribution < -0.4 is 12.4 Å². The maximum atomic E-state index is 13.3. The van der Waals surface area contributed by atoms with Gasteiger partial charge < -0.3 is 17.1 Å². The molecule has 0 amide bonds. The summed E-state index contributed by atoms with van der Waals surface area (Å²) in [5.74, 6) is -0.214. The molecule has 0 N–H and O–H groups in total. The van der Waals surface area contributed by atoms with Crippen LogP contribution in [0.3, 0.4) is 0 Å². The van der Waals surface area contributed by atoms with Gasteiger partial charge in [-0.05, 0) is 24.6 Å². The van der Waals surface area contributed by atoms with Crippen molar-refractivity contribution < 1.29 is 21.5 Å². The Morgan fingerprint density at radius 2 is 2.33 bits per heavy atom. The zero-order valence-corrected chi connectivity index (χ0v) is 11.0. The molecule has 0 radical (unpaired) electrons. The smallest absolute Gasteiger partial charge is 0.124 e. The van der Waals surface area contributed by atoms with Crippen molar-refractivity contribution in [2.75, 3.05) is 6.61 Å². The molecule has 1 aromatic carbocycles. The lowest BCUT2D eigenvalue weighted by molar-refractivity contribution is -0.0000137. The molecule has 0 saturated heterocycles. The normalized spacial score (nSPS) is 18.4. The monoisotopic (exact) mass is 269 g/mol. The van der Waals surface area contributed by atoms with E-state index in [2.05, 4.69) is 12.0 Å². The van der Waals surface area contributed by atoms with Crippen LogP contribution in [0, 0.1) is 5.82 Å². The van der Waals surface area contributed by atoms with Crippen molar-refractivity contribution >= 4 is 10.9 Å². The molecule has 2 aromatic rings. The Labute approximate surface area is 111 Å². The number of halogens is 2. The fourth-order valence-electron chi connectivity index (χ4n) is 2.48. The minimum atomic E-state index is -0.214. The number of aromatic nitrogens is 2. The Bertz CT molecular complexity index is 555. The van der Waals surface area contributed by atoms with Crippen LogP contribution in [0.1, 0.15) is 31.6 Å². The second kappa shape index (κ2) is 5.24. The number of nitrogens with zero attached hydrogens (tertiary/aromatic N) is 2. The number of benzene rings is 1. The number of rotatable bonds is 2. The fraction of sp³-hybridized carbons (Fsp3) is 0.462. The number of ether oxygens (including phenoxy) is 1. The summed E-state index contributed by atoms with van der Waals surface area (Å²) in [7, 11) is 0. The zero-order valence-electron chi connectivity index (χ0n) is 10.2. The SMILES string of the molecule is CCCC1OCCn2nc3ccc(F)cc3c21.[Cl-]. The summed E-state index contributed by atoms with van der Waals surface area (Å²) < 4.78 is 21.1. The van der Waals surface area contributed by atoms with Gasteiger partial charge in [-0.3, -0.25) is 4.68 Å². The molecule has 3 nitrogen and oxygen atoms in total. The maximum absolute atomic E-state index is 13.3. The van der Waals surface area contributed by atoms with E-state index < -0.39 is 0 Å². The van der Waals surface area contributed by atoms with Crippen molar-refractivity contribution in [3.8, 4) is 0 Å². The minimum Gasteiger partial charge on any atom is -1.00 e. The molecule has 1 unspecified atom stereocenters. The largest absolute Gasteiger partial charge is 1.00 e. The van der Waals surface area contributed by atoms with Crippen LogP contribution in [0.2, 0.25) is 0 Å². The molecule has 98 valence electrons. The standard InChI is InChI=1S/C13H15FN2O.ClH/c1-2-3-12-13-10-8-9(14)4-5-11(10)15-16(13)6-7-17-12;/h4-5,8,12H,2-3,6-7H2,1H3;1H/p-1. The predicted octanol–water partition coefficient (Wildman–Crippen LogP) is 0.0508. The van der Waals surface area contributed by atoms with Gasteiger partial charge in [0.25, 0.3) is 0 Å². The molecule has 0 spiro atoms. The average molecular weight is 270 g/mol. The maximum Gasteiger partial charge on any atom is 0.124 e. The minimum absolute atomic E-state index is 0. The van der Waals surface area contributed by atoms with E-state index in [4.69, 9.17) is 4.74 Å². The molecule has 0 aliphatic carbocycles. The van der Waals surface area contributed by atoms with Crippen LogP contribution in [0.5, 0.6) is 0 Å². The lowest BCUT2D eigenvalue weighted by atomic mass is 10.1. The van der Waals surface area contributed by atoms with E-state index in [0.717, 1.165) is 36.0 Å². The second-order valence-corrected chi connectivity index (χ2v) is 4.42. The van der Waals surface area contributed by atoms with Gasteiger partial charge in [0.2, 0.25) is 0 Å². The molecular formula is C13H15ClFN2O-. The first-order valence-corrected chi connectivity index (χ1v) is 6.07. The van der Waals surface area contributed by atoms with Crippen molar-refractivity contribution in [1.29, 1.82) is 0 Å². The molecule has 3 rings (SSSR count).